The van der Waals surface area contributed by atoms with Crippen LogP contribution in [0.5, 0.6) is 0 Å². The number of carbonyl (C=O) groups is 1. The lowest BCUT2D eigenvalue weighted by Crippen LogP contribution is -2.46. The van der Waals surface area contributed by atoms with E-state index in [4.69, 9.17) is 0 Å². The molecule has 0 saturated carbocycles. The molecule has 1 aromatic rings. The first-order valence-corrected chi connectivity index (χ1v) is 10.3. The van der Waals surface area contributed by atoms with Gasteiger partial charge in [0.25, 0.3) is 0 Å². The Morgan fingerprint density at radius 2 is 1.67 bits per heavy atom. The maximum absolute atomic E-state index is 12.4. The highest BCUT2D eigenvalue weighted by Gasteiger charge is 2.23. The summed E-state index contributed by atoms with van der Waals surface area (Å²) in [7, 11) is -3.69. The van der Waals surface area contributed by atoms with Gasteiger partial charge in [-0.1, -0.05) is 57.2 Å². The molecule has 1 aromatic carbocycles. The lowest BCUT2D eigenvalue weighted by atomic mass is 10.1. The van der Waals surface area contributed by atoms with Crippen molar-refractivity contribution in [3.05, 3.63) is 29.8 Å². The van der Waals surface area contributed by atoms with Crippen molar-refractivity contribution >= 4 is 15.9 Å². The molecule has 0 saturated heterocycles. The first-order chi connectivity index (χ1) is 11.4. The Balaban J connectivity index is 2.53. The van der Waals surface area contributed by atoms with Gasteiger partial charge in [0, 0.05) is 6.54 Å². The Labute approximate surface area is 146 Å². The highest BCUT2D eigenvalue weighted by molar-refractivity contribution is 7.89. The van der Waals surface area contributed by atoms with Crippen LogP contribution in [0.1, 0.15) is 57.9 Å². The van der Waals surface area contributed by atoms with Gasteiger partial charge in [-0.3, -0.25) is 4.79 Å². The minimum Gasteiger partial charge on any atom is -0.355 e. The second-order valence-corrected chi connectivity index (χ2v) is 7.81. The predicted octanol–water partition coefficient (Wildman–Crippen LogP) is 3.14. The average molecular weight is 355 g/mol. The van der Waals surface area contributed by atoms with E-state index in [9.17, 15) is 13.2 Å². The maximum Gasteiger partial charge on any atom is 0.241 e. The van der Waals surface area contributed by atoms with Crippen LogP contribution in [0.2, 0.25) is 0 Å². The highest BCUT2D eigenvalue weighted by atomic mass is 32.2. The fourth-order valence-corrected chi connectivity index (χ4v) is 3.64. The molecule has 2 N–H and O–H groups in total. The summed E-state index contributed by atoms with van der Waals surface area (Å²) in [5, 5.41) is 2.83. The lowest BCUT2D eigenvalue weighted by molar-refractivity contribution is -0.122. The quantitative estimate of drug-likeness (QED) is 0.600. The van der Waals surface area contributed by atoms with Gasteiger partial charge in [0.1, 0.15) is 6.04 Å². The number of carbonyl (C=O) groups excluding carboxylic acids is 1. The predicted molar refractivity (Wildman–Crippen MR) is 97.3 cm³/mol. The highest BCUT2D eigenvalue weighted by Crippen LogP contribution is 2.11. The monoisotopic (exact) mass is 354 g/mol. The molecule has 0 aromatic heterocycles. The van der Waals surface area contributed by atoms with E-state index in [1.54, 1.807) is 31.2 Å². The summed E-state index contributed by atoms with van der Waals surface area (Å²) in [6.07, 6.45) is 5.98. The first-order valence-electron chi connectivity index (χ1n) is 8.77. The summed E-state index contributed by atoms with van der Waals surface area (Å²) < 4.78 is 27.2. The van der Waals surface area contributed by atoms with Crippen LogP contribution in [0.15, 0.2) is 29.2 Å². The molecule has 0 heterocycles. The van der Waals surface area contributed by atoms with Gasteiger partial charge in [-0.25, -0.2) is 8.42 Å². The third-order valence-electron chi connectivity index (χ3n) is 3.93. The molecule has 0 unspecified atom stereocenters. The molecule has 0 aliphatic carbocycles. The Morgan fingerprint density at radius 1 is 1.04 bits per heavy atom. The second kappa shape index (κ2) is 10.5. The minimum absolute atomic E-state index is 0.180. The third-order valence-corrected chi connectivity index (χ3v) is 5.42. The summed E-state index contributed by atoms with van der Waals surface area (Å²) in [6.45, 7) is 6.44. The molecule has 0 fully saturated rings. The molecule has 1 amide bonds. The fraction of sp³-hybridized carbons (Fsp3) is 0.611. The molecular formula is C18H30N2O3S. The number of aryl methyl sites for hydroxylation is 1. The van der Waals surface area contributed by atoms with Crippen molar-refractivity contribution in [2.24, 2.45) is 0 Å². The zero-order valence-electron chi connectivity index (χ0n) is 15.0. The van der Waals surface area contributed by atoms with Crippen LogP contribution >= 0.6 is 0 Å². The van der Waals surface area contributed by atoms with E-state index < -0.39 is 16.1 Å². The molecule has 1 rings (SSSR count). The number of benzene rings is 1. The zero-order chi connectivity index (χ0) is 18.0. The normalized spacial score (nSPS) is 12.8. The number of rotatable bonds is 11. The third kappa shape index (κ3) is 7.01. The van der Waals surface area contributed by atoms with Crippen LogP contribution in [0, 0.1) is 6.92 Å². The molecule has 136 valence electrons. The van der Waals surface area contributed by atoms with Gasteiger partial charge in [0.15, 0.2) is 0 Å². The zero-order valence-corrected chi connectivity index (χ0v) is 15.8. The van der Waals surface area contributed by atoms with E-state index in [2.05, 4.69) is 17.0 Å². The molecule has 5 nitrogen and oxygen atoms in total. The molecule has 0 aliphatic rings. The van der Waals surface area contributed by atoms with Crippen LogP contribution in [0.4, 0.5) is 0 Å². The smallest absolute Gasteiger partial charge is 0.241 e. The van der Waals surface area contributed by atoms with Gasteiger partial charge in [-0.2, -0.15) is 4.72 Å². The minimum atomic E-state index is -3.69. The summed E-state index contributed by atoms with van der Waals surface area (Å²) in [6, 6.07) is 5.84. The van der Waals surface area contributed by atoms with E-state index in [-0.39, 0.29) is 10.8 Å². The second-order valence-electron chi connectivity index (χ2n) is 6.10. The molecule has 0 radical (unpaired) electrons. The first kappa shape index (κ1) is 20.6. The number of unbranched alkanes of at least 4 members (excludes halogenated alkanes) is 4. The van der Waals surface area contributed by atoms with Gasteiger partial charge in [-0.15, -0.1) is 0 Å². The van der Waals surface area contributed by atoms with E-state index in [0.717, 1.165) is 18.4 Å². The number of hydrogen-bond acceptors (Lipinski definition) is 3. The van der Waals surface area contributed by atoms with Crippen molar-refractivity contribution in [3.63, 3.8) is 0 Å². The van der Waals surface area contributed by atoms with Crippen LogP contribution in [-0.4, -0.2) is 26.9 Å². The standard InChI is InChI=1S/C18H30N2O3S/c1-4-6-7-8-9-14-19-18(21)17(5-2)20-24(22,23)16-12-10-15(3)11-13-16/h10-13,17,20H,4-9,14H2,1-3H3,(H,19,21)/t17-/m0/s1. The van der Waals surface area contributed by atoms with E-state index in [0.29, 0.717) is 13.0 Å². The Hall–Kier alpha value is -1.40. The molecule has 0 aliphatic heterocycles. The molecule has 24 heavy (non-hydrogen) atoms. The van der Waals surface area contributed by atoms with E-state index >= 15 is 0 Å². The fourth-order valence-electron chi connectivity index (χ4n) is 2.36. The average Bonchev–Trinajstić information content (AvgIpc) is 2.56. The topological polar surface area (TPSA) is 75.3 Å². The van der Waals surface area contributed by atoms with Gasteiger partial charge in [0.05, 0.1) is 4.90 Å². The van der Waals surface area contributed by atoms with Gasteiger partial charge >= 0.3 is 0 Å². The van der Waals surface area contributed by atoms with Gasteiger partial charge in [0.2, 0.25) is 15.9 Å². The Bertz CT molecular complexity index is 597. The number of nitrogens with one attached hydrogen (secondary N) is 2. The number of sulfonamides is 1. The Morgan fingerprint density at radius 3 is 2.25 bits per heavy atom. The van der Waals surface area contributed by atoms with Crippen LogP contribution in [0.25, 0.3) is 0 Å². The summed E-state index contributed by atoms with van der Waals surface area (Å²) in [4.78, 5) is 12.4. The summed E-state index contributed by atoms with van der Waals surface area (Å²) in [5.74, 6) is -0.260. The van der Waals surface area contributed by atoms with Crippen molar-refractivity contribution in [2.75, 3.05) is 6.54 Å². The molecule has 0 bridgehead atoms. The van der Waals surface area contributed by atoms with Crippen molar-refractivity contribution in [2.45, 2.75) is 70.2 Å². The van der Waals surface area contributed by atoms with Gasteiger partial charge in [-0.05, 0) is 31.9 Å². The largest absolute Gasteiger partial charge is 0.355 e. The summed E-state index contributed by atoms with van der Waals surface area (Å²) >= 11 is 0. The van der Waals surface area contributed by atoms with Gasteiger partial charge < -0.3 is 5.32 Å². The lowest BCUT2D eigenvalue weighted by Gasteiger charge is -2.17. The summed E-state index contributed by atoms with van der Waals surface area (Å²) in [5.41, 5.74) is 0.988. The molecular weight excluding hydrogens is 324 g/mol. The van der Waals surface area contributed by atoms with Crippen LogP contribution < -0.4 is 10.0 Å². The molecule has 6 heteroatoms. The van der Waals surface area contributed by atoms with Crippen molar-refractivity contribution < 1.29 is 13.2 Å². The Kier molecular flexibility index (Phi) is 9.00. The number of amides is 1. The maximum atomic E-state index is 12.4. The van der Waals surface area contributed by atoms with E-state index in [1.165, 1.54) is 19.3 Å². The SMILES string of the molecule is CCCCCCCNC(=O)[C@H](CC)NS(=O)(=O)c1ccc(C)cc1. The van der Waals surface area contributed by atoms with Crippen molar-refractivity contribution in [1.82, 2.24) is 10.0 Å². The van der Waals surface area contributed by atoms with E-state index in [1.807, 2.05) is 6.92 Å². The van der Waals surface area contributed by atoms with Crippen LogP contribution in [0.3, 0.4) is 0 Å². The van der Waals surface area contributed by atoms with Crippen LogP contribution in [-0.2, 0) is 14.8 Å². The van der Waals surface area contributed by atoms with Crippen molar-refractivity contribution in [3.8, 4) is 0 Å². The van der Waals surface area contributed by atoms with Crippen molar-refractivity contribution in [1.29, 1.82) is 0 Å². The molecule has 0 spiro atoms. The number of hydrogen-bond donors (Lipinski definition) is 2. The molecule has 1 atom stereocenters.